The minimum absolute atomic E-state index is 0.0471. The molecule has 1 heterocycles. The van der Waals surface area contributed by atoms with E-state index in [1.54, 1.807) is 0 Å². The summed E-state index contributed by atoms with van der Waals surface area (Å²) in [7, 11) is -1.80. The normalized spacial score (nSPS) is 29.4. The third kappa shape index (κ3) is 4.25. The molecule has 1 aromatic carbocycles. The van der Waals surface area contributed by atoms with Gasteiger partial charge in [-0.3, -0.25) is 0 Å². The molecule has 0 aromatic heterocycles. The molecule has 0 amide bonds. The molecule has 3 rings (SSSR count). The summed E-state index contributed by atoms with van der Waals surface area (Å²) in [4.78, 5) is 0. The third-order valence-corrected chi connectivity index (χ3v) is 10.4. The van der Waals surface area contributed by atoms with Gasteiger partial charge in [-0.1, -0.05) is 57.7 Å². The summed E-state index contributed by atoms with van der Waals surface area (Å²) in [6.45, 7) is 16.9. The van der Waals surface area contributed by atoms with Crippen LogP contribution in [0.2, 0.25) is 18.1 Å². The lowest BCUT2D eigenvalue weighted by atomic mass is 9.99. The van der Waals surface area contributed by atoms with Crippen LogP contribution in [0.4, 0.5) is 0 Å². The summed E-state index contributed by atoms with van der Waals surface area (Å²) < 4.78 is 18.9. The van der Waals surface area contributed by atoms with Crippen molar-refractivity contribution in [2.45, 2.75) is 70.2 Å². The van der Waals surface area contributed by atoms with Gasteiger partial charge >= 0.3 is 0 Å². The molecule has 2 unspecified atom stereocenters. The molecule has 1 aliphatic heterocycles. The first kappa shape index (κ1) is 18.8. The molecule has 0 radical (unpaired) electrons. The van der Waals surface area contributed by atoms with Crippen LogP contribution in [0.3, 0.4) is 0 Å². The van der Waals surface area contributed by atoms with Crippen molar-refractivity contribution in [2.24, 2.45) is 5.92 Å². The van der Waals surface area contributed by atoms with Crippen LogP contribution >= 0.6 is 0 Å². The Hall–Kier alpha value is -0.943. The van der Waals surface area contributed by atoms with Crippen LogP contribution in [0.15, 0.2) is 42.5 Å². The highest BCUT2D eigenvalue weighted by Gasteiger charge is 2.51. The van der Waals surface area contributed by atoms with Crippen molar-refractivity contribution in [3.63, 3.8) is 0 Å². The molecule has 0 bridgehead atoms. The third-order valence-electron chi connectivity index (χ3n) is 5.95. The van der Waals surface area contributed by atoms with Gasteiger partial charge in [0.05, 0.1) is 19.3 Å². The molecule has 0 spiro atoms. The average Bonchev–Trinajstić information content (AvgIpc) is 3.32. The second-order valence-electron chi connectivity index (χ2n) is 8.92. The van der Waals surface area contributed by atoms with E-state index in [1.807, 2.05) is 18.2 Å². The maximum absolute atomic E-state index is 6.42. The molecule has 1 saturated carbocycles. The van der Waals surface area contributed by atoms with Crippen molar-refractivity contribution in [2.75, 3.05) is 6.61 Å². The van der Waals surface area contributed by atoms with Crippen molar-refractivity contribution in [3.05, 3.63) is 48.0 Å². The van der Waals surface area contributed by atoms with E-state index in [-0.39, 0.29) is 17.2 Å². The van der Waals surface area contributed by atoms with E-state index >= 15 is 0 Å². The summed E-state index contributed by atoms with van der Waals surface area (Å²) in [5.41, 5.74) is 2.37. The monoisotopic (exact) mass is 360 g/mol. The SMILES string of the molecule is C=C1C(OCc2ccccc2)C(CO[Si](C)(C)C(C)(C)C)O[C@H]2C[C@H]12. The highest BCUT2D eigenvalue weighted by molar-refractivity contribution is 6.74. The highest BCUT2D eigenvalue weighted by atomic mass is 28.4. The molecular weight excluding hydrogens is 328 g/mol. The van der Waals surface area contributed by atoms with Gasteiger partial charge < -0.3 is 13.9 Å². The lowest BCUT2D eigenvalue weighted by molar-refractivity contribution is -0.105. The second-order valence-corrected chi connectivity index (χ2v) is 13.7. The van der Waals surface area contributed by atoms with E-state index in [1.165, 1.54) is 11.1 Å². The van der Waals surface area contributed by atoms with E-state index in [0.717, 1.165) is 6.42 Å². The molecule has 1 aromatic rings. The molecule has 2 fully saturated rings. The van der Waals surface area contributed by atoms with E-state index in [4.69, 9.17) is 13.9 Å². The Labute approximate surface area is 153 Å². The van der Waals surface area contributed by atoms with Gasteiger partial charge in [0.1, 0.15) is 12.2 Å². The smallest absolute Gasteiger partial charge is 0.192 e. The van der Waals surface area contributed by atoms with Gasteiger partial charge in [0.15, 0.2) is 8.32 Å². The average molecular weight is 361 g/mol. The first-order valence-corrected chi connectivity index (χ1v) is 12.2. The zero-order chi connectivity index (χ0) is 18.2. The van der Waals surface area contributed by atoms with Gasteiger partial charge in [-0.15, -0.1) is 0 Å². The molecule has 4 heteroatoms. The van der Waals surface area contributed by atoms with E-state index in [0.29, 0.717) is 25.2 Å². The zero-order valence-corrected chi connectivity index (χ0v) is 17.2. The van der Waals surface area contributed by atoms with E-state index in [9.17, 15) is 0 Å². The Kier molecular flexibility index (Phi) is 5.27. The summed E-state index contributed by atoms with van der Waals surface area (Å²) >= 11 is 0. The Bertz CT molecular complexity index is 605. The number of rotatable bonds is 6. The Morgan fingerprint density at radius 1 is 1.20 bits per heavy atom. The topological polar surface area (TPSA) is 27.7 Å². The first-order chi connectivity index (χ1) is 11.7. The fourth-order valence-electron chi connectivity index (χ4n) is 3.07. The van der Waals surface area contributed by atoms with Crippen molar-refractivity contribution >= 4 is 8.32 Å². The number of benzene rings is 1. The summed E-state index contributed by atoms with van der Waals surface area (Å²) in [5.74, 6) is 0.477. The van der Waals surface area contributed by atoms with Gasteiger partial charge in [0.2, 0.25) is 0 Å². The van der Waals surface area contributed by atoms with Crippen LogP contribution in [0.1, 0.15) is 32.8 Å². The van der Waals surface area contributed by atoms with Crippen LogP contribution in [0.5, 0.6) is 0 Å². The van der Waals surface area contributed by atoms with Crippen molar-refractivity contribution in [1.29, 1.82) is 0 Å². The van der Waals surface area contributed by atoms with Crippen molar-refractivity contribution in [3.8, 4) is 0 Å². The molecular formula is C21H32O3Si. The van der Waals surface area contributed by atoms with Crippen molar-refractivity contribution in [1.82, 2.24) is 0 Å². The van der Waals surface area contributed by atoms with Crippen LogP contribution in [-0.2, 0) is 20.5 Å². The quantitative estimate of drug-likeness (QED) is 0.531. The summed E-state index contributed by atoms with van der Waals surface area (Å²) in [5, 5.41) is 0.196. The lowest BCUT2D eigenvalue weighted by Gasteiger charge is -2.39. The maximum Gasteiger partial charge on any atom is 0.192 e. The minimum atomic E-state index is -1.80. The fourth-order valence-corrected chi connectivity index (χ4v) is 4.08. The van der Waals surface area contributed by atoms with Gasteiger partial charge in [-0.05, 0) is 35.7 Å². The molecule has 4 atom stereocenters. The van der Waals surface area contributed by atoms with Gasteiger partial charge in [-0.25, -0.2) is 0 Å². The minimum Gasteiger partial charge on any atom is -0.414 e. The molecule has 0 N–H and O–H groups in total. The fraction of sp³-hybridized carbons (Fsp3) is 0.619. The predicted octanol–water partition coefficient (Wildman–Crippen LogP) is 4.94. The molecule has 1 aliphatic carbocycles. The van der Waals surface area contributed by atoms with Crippen LogP contribution in [0, 0.1) is 5.92 Å². The predicted molar refractivity (Wildman–Crippen MR) is 104 cm³/mol. The largest absolute Gasteiger partial charge is 0.414 e. The molecule has 138 valence electrons. The van der Waals surface area contributed by atoms with Crippen LogP contribution in [-0.4, -0.2) is 33.2 Å². The lowest BCUT2D eigenvalue weighted by Crippen LogP contribution is -2.47. The van der Waals surface area contributed by atoms with E-state index in [2.05, 4.69) is 52.6 Å². The zero-order valence-electron chi connectivity index (χ0n) is 16.2. The number of fused-ring (bicyclic) bond motifs is 1. The molecule has 3 nitrogen and oxygen atoms in total. The molecule has 2 aliphatic rings. The first-order valence-electron chi connectivity index (χ1n) is 9.33. The highest BCUT2D eigenvalue weighted by Crippen LogP contribution is 2.48. The molecule has 25 heavy (non-hydrogen) atoms. The van der Waals surface area contributed by atoms with Crippen LogP contribution < -0.4 is 0 Å². The van der Waals surface area contributed by atoms with Gasteiger partial charge in [0, 0.05) is 5.92 Å². The Morgan fingerprint density at radius 2 is 1.88 bits per heavy atom. The number of ether oxygens (including phenoxy) is 2. The summed E-state index contributed by atoms with van der Waals surface area (Å²) in [6, 6.07) is 10.3. The maximum atomic E-state index is 6.42. The Morgan fingerprint density at radius 3 is 2.52 bits per heavy atom. The molecule has 1 saturated heterocycles. The standard InChI is InChI=1S/C21H32O3Si/c1-15-17-12-18(17)24-19(14-23-25(5,6)21(2,3)4)20(15)22-13-16-10-8-7-9-11-16/h7-11,17-20H,1,12-14H2,2-6H3/t17-,18+,19?,20?/m1/s1. The van der Waals surface area contributed by atoms with E-state index < -0.39 is 8.32 Å². The number of hydrogen-bond acceptors (Lipinski definition) is 3. The van der Waals surface area contributed by atoms with Gasteiger partial charge in [0.25, 0.3) is 0 Å². The van der Waals surface area contributed by atoms with Gasteiger partial charge in [-0.2, -0.15) is 0 Å². The van der Waals surface area contributed by atoms with Crippen LogP contribution in [0.25, 0.3) is 0 Å². The Balaban J connectivity index is 1.64. The summed E-state index contributed by atoms with van der Waals surface area (Å²) in [6.07, 6.45) is 1.29. The van der Waals surface area contributed by atoms with Crippen molar-refractivity contribution < 1.29 is 13.9 Å². The number of hydrogen-bond donors (Lipinski definition) is 0. The second kappa shape index (κ2) is 6.99.